The molecule has 8 nitrogen and oxygen atoms in total. The van der Waals surface area contributed by atoms with E-state index < -0.39 is 12.2 Å². The Morgan fingerprint density at radius 3 is 2.36 bits per heavy atom. The van der Waals surface area contributed by atoms with E-state index in [1.54, 1.807) is 18.7 Å². The van der Waals surface area contributed by atoms with Crippen molar-refractivity contribution in [3.63, 3.8) is 0 Å². The first-order valence-electron chi connectivity index (χ1n) is 8.85. The molecule has 8 heteroatoms. The van der Waals surface area contributed by atoms with E-state index in [9.17, 15) is 19.8 Å². The highest BCUT2D eigenvalue weighted by Crippen LogP contribution is 2.11. The van der Waals surface area contributed by atoms with Gasteiger partial charge in [0.15, 0.2) is 11.2 Å². The van der Waals surface area contributed by atoms with Gasteiger partial charge in [0, 0.05) is 20.6 Å². The van der Waals surface area contributed by atoms with Gasteiger partial charge in [-0.3, -0.25) is 13.9 Å². The standard InChI is InChI=1S/C17H28N4O4/c1-4-5-8-12(22)13(23)9-6-7-10-21-16(24)14-15(18-11-19(14)2)20(3)17(21)25/h11-13,22-23H,4-10H2,1-3H3. The van der Waals surface area contributed by atoms with E-state index in [2.05, 4.69) is 4.98 Å². The van der Waals surface area contributed by atoms with Gasteiger partial charge < -0.3 is 14.8 Å². The van der Waals surface area contributed by atoms with E-state index in [1.165, 1.54) is 15.5 Å². The summed E-state index contributed by atoms with van der Waals surface area (Å²) >= 11 is 0. The minimum absolute atomic E-state index is 0.282. The number of aryl methyl sites for hydroxylation is 2. The van der Waals surface area contributed by atoms with Gasteiger partial charge in [-0.1, -0.05) is 19.8 Å². The molecular weight excluding hydrogens is 324 g/mol. The van der Waals surface area contributed by atoms with Gasteiger partial charge in [-0.15, -0.1) is 0 Å². The van der Waals surface area contributed by atoms with Gasteiger partial charge in [-0.05, 0) is 25.7 Å². The average Bonchev–Trinajstić information content (AvgIpc) is 2.98. The van der Waals surface area contributed by atoms with E-state index in [0.717, 1.165) is 12.8 Å². The summed E-state index contributed by atoms with van der Waals surface area (Å²) in [4.78, 5) is 29.0. The second-order valence-electron chi connectivity index (χ2n) is 6.60. The molecule has 0 amide bonds. The predicted molar refractivity (Wildman–Crippen MR) is 95.6 cm³/mol. The van der Waals surface area contributed by atoms with E-state index in [4.69, 9.17) is 0 Å². The van der Waals surface area contributed by atoms with E-state index in [0.29, 0.717) is 36.8 Å². The number of fused-ring (bicyclic) bond motifs is 1. The van der Waals surface area contributed by atoms with Gasteiger partial charge >= 0.3 is 5.69 Å². The zero-order valence-electron chi connectivity index (χ0n) is 15.2. The summed E-state index contributed by atoms with van der Waals surface area (Å²) in [5.41, 5.74) is 0.0432. The van der Waals surface area contributed by atoms with Crippen LogP contribution in [0.25, 0.3) is 11.2 Å². The highest BCUT2D eigenvalue weighted by molar-refractivity contribution is 5.69. The van der Waals surface area contributed by atoms with Crippen LogP contribution in [0, 0.1) is 0 Å². The quantitative estimate of drug-likeness (QED) is 0.641. The van der Waals surface area contributed by atoms with E-state index in [1.807, 2.05) is 6.92 Å². The number of aromatic nitrogens is 4. The Hall–Kier alpha value is -1.93. The van der Waals surface area contributed by atoms with Crippen molar-refractivity contribution in [2.24, 2.45) is 14.1 Å². The maximum Gasteiger partial charge on any atom is 0.332 e. The summed E-state index contributed by atoms with van der Waals surface area (Å²) in [5, 5.41) is 19.8. The number of aliphatic hydroxyl groups is 2. The van der Waals surface area contributed by atoms with Crippen LogP contribution in [0.1, 0.15) is 45.4 Å². The molecule has 2 aromatic heterocycles. The Kier molecular flexibility index (Phi) is 6.55. The van der Waals surface area contributed by atoms with Crippen molar-refractivity contribution in [3.8, 4) is 0 Å². The molecule has 2 N–H and O–H groups in total. The highest BCUT2D eigenvalue weighted by atomic mass is 16.3. The number of rotatable bonds is 9. The Labute approximate surface area is 146 Å². The van der Waals surface area contributed by atoms with Gasteiger partial charge in [0.05, 0.1) is 18.5 Å². The van der Waals surface area contributed by atoms with Crippen LogP contribution in [0.15, 0.2) is 15.9 Å². The first kappa shape index (κ1) is 19.4. The summed E-state index contributed by atoms with van der Waals surface area (Å²) in [6, 6.07) is 0. The monoisotopic (exact) mass is 352 g/mol. The SMILES string of the molecule is CCCCC(O)C(O)CCCCn1c(=O)c2c(ncn2C)n(C)c1=O. The van der Waals surface area contributed by atoms with Crippen LogP contribution in [0.4, 0.5) is 0 Å². The highest BCUT2D eigenvalue weighted by Gasteiger charge is 2.17. The van der Waals surface area contributed by atoms with Gasteiger partial charge in [-0.2, -0.15) is 0 Å². The van der Waals surface area contributed by atoms with E-state index >= 15 is 0 Å². The van der Waals surface area contributed by atoms with Gasteiger partial charge in [0.25, 0.3) is 5.56 Å². The molecule has 0 fully saturated rings. The first-order chi connectivity index (χ1) is 11.9. The number of nitrogens with zero attached hydrogens (tertiary/aromatic N) is 4. The molecule has 0 aromatic carbocycles. The summed E-state index contributed by atoms with van der Waals surface area (Å²) in [5.74, 6) is 0. The number of imidazole rings is 1. The molecule has 2 rings (SSSR count). The fourth-order valence-corrected chi connectivity index (χ4v) is 3.01. The second-order valence-corrected chi connectivity index (χ2v) is 6.60. The molecule has 25 heavy (non-hydrogen) atoms. The molecule has 2 aromatic rings. The third-order valence-electron chi connectivity index (χ3n) is 4.63. The van der Waals surface area contributed by atoms with E-state index in [-0.39, 0.29) is 17.8 Å². The number of hydrogen-bond acceptors (Lipinski definition) is 5. The molecule has 0 aliphatic rings. The van der Waals surface area contributed by atoms with Crippen molar-refractivity contribution in [3.05, 3.63) is 27.2 Å². The maximum atomic E-state index is 12.5. The molecule has 2 atom stereocenters. The van der Waals surface area contributed by atoms with Crippen molar-refractivity contribution in [1.29, 1.82) is 0 Å². The number of aliphatic hydroxyl groups excluding tert-OH is 2. The largest absolute Gasteiger partial charge is 0.390 e. The van der Waals surface area contributed by atoms with Crippen LogP contribution in [-0.4, -0.2) is 41.1 Å². The van der Waals surface area contributed by atoms with Crippen molar-refractivity contribution < 1.29 is 10.2 Å². The third kappa shape index (κ3) is 4.19. The van der Waals surface area contributed by atoms with Crippen molar-refractivity contribution >= 4 is 11.2 Å². The molecule has 2 heterocycles. The summed E-state index contributed by atoms with van der Waals surface area (Å²) in [6.45, 7) is 2.32. The number of hydrogen-bond donors (Lipinski definition) is 2. The first-order valence-corrected chi connectivity index (χ1v) is 8.85. The van der Waals surface area contributed by atoms with Crippen molar-refractivity contribution in [1.82, 2.24) is 18.7 Å². The maximum absolute atomic E-state index is 12.5. The summed E-state index contributed by atoms with van der Waals surface area (Å²) in [7, 11) is 3.32. The molecule has 0 saturated carbocycles. The van der Waals surface area contributed by atoms with Crippen molar-refractivity contribution in [2.45, 2.75) is 64.2 Å². The predicted octanol–water partition coefficient (Wildman–Crippen LogP) is 0.516. The van der Waals surface area contributed by atoms with Gasteiger partial charge in [0.2, 0.25) is 0 Å². The molecule has 0 saturated heterocycles. The minimum Gasteiger partial charge on any atom is -0.390 e. The summed E-state index contributed by atoms with van der Waals surface area (Å²) in [6.07, 6.45) is 4.17. The molecular formula is C17H28N4O4. The average molecular weight is 352 g/mol. The fraction of sp³-hybridized carbons (Fsp3) is 0.706. The Balaban J connectivity index is 2.01. The molecule has 2 unspecified atom stereocenters. The van der Waals surface area contributed by atoms with Crippen LogP contribution >= 0.6 is 0 Å². The van der Waals surface area contributed by atoms with Crippen molar-refractivity contribution in [2.75, 3.05) is 0 Å². The van der Waals surface area contributed by atoms with Gasteiger partial charge in [0.1, 0.15) is 0 Å². The lowest BCUT2D eigenvalue weighted by molar-refractivity contribution is 0.00730. The molecule has 0 spiro atoms. The molecule has 0 bridgehead atoms. The Morgan fingerprint density at radius 1 is 1.08 bits per heavy atom. The normalized spacial score (nSPS) is 14.1. The fourth-order valence-electron chi connectivity index (χ4n) is 3.01. The van der Waals surface area contributed by atoms with Gasteiger partial charge in [-0.25, -0.2) is 9.78 Å². The topological polar surface area (TPSA) is 102 Å². The minimum atomic E-state index is -0.759. The van der Waals surface area contributed by atoms with Crippen LogP contribution in [0.2, 0.25) is 0 Å². The zero-order chi connectivity index (χ0) is 18.6. The Bertz CT molecular complexity index is 820. The second kappa shape index (κ2) is 8.44. The summed E-state index contributed by atoms with van der Waals surface area (Å²) < 4.78 is 4.20. The molecule has 0 radical (unpaired) electrons. The number of unbranched alkanes of at least 4 members (excludes halogenated alkanes) is 2. The Morgan fingerprint density at radius 2 is 1.72 bits per heavy atom. The van der Waals surface area contributed by atoms with Crippen LogP contribution in [-0.2, 0) is 20.6 Å². The lowest BCUT2D eigenvalue weighted by Gasteiger charge is -2.17. The molecule has 0 aliphatic heterocycles. The smallest absolute Gasteiger partial charge is 0.332 e. The third-order valence-corrected chi connectivity index (χ3v) is 4.63. The van der Waals surface area contributed by atoms with Crippen LogP contribution < -0.4 is 11.2 Å². The van der Waals surface area contributed by atoms with Crippen LogP contribution in [0.3, 0.4) is 0 Å². The molecule has 140 valence electrons. The lowest BCUT2D eigenvalue weighted by atomic mass is 10.0. The lowest BCUT2D eigenvalue weighted by Crippen LogP contribution is -2.39. The molecule has 0 aliphatic carbocycles. The van der Waals surface area contributed by atoms with Crippen LogP contribution in [0.5, 0.6) is 0 Å². The zero-order valence-corrected chi connectivity index (χ0v) is 15.2.